The zero-order valence-corrected chi connectivity index (χ0v) is 13.7. The molecule has 0 saturated heterocycles. The van der Waals surface area contributed by atoms with Crippen LogP contribution in [0, 0.1) is 0 Å². The SMILES string of the molecule is CCC(NCCCCCCSC)c1cccc(Cl)c1. The van der Waals surface area contributed by atoms with Crippen molar-refractivity contribution in [2.45, 2.75) is 45.1 Å². The summed E-state index contributed by atoms with van der Waals surface area (Å²) in [7, 11) is 0. The molecule has 0 radical (unpaired) electrons. The Morgan fingerprint density at radius 2 is 2.00 bits per heavy atom. The Hall–Kier alpha value is -0.180. The van der Waals surface area contributed by atoms with E-state index in [1.54, 1.807) is 0 Å². The number of halogens is 1. The van der Waals surface area contributed by atoms with Crippen molar-refractivity contribution in [1.29, 1.82) is 0 Å². The van der Waals surface area contributed by atoms with Crippen LogP contribution in [0.4, 0.5) is 0 Å². The van der Waals surface area contributed by atoms with Crippen molar-refractivity contribution < 1.29 is 0 Å². The third-order valence-electron chi connectivity index (χ3n) is 3.33. The fraction of sp³-hybridized carbons (Fsp3) is 0.625. The monoisotopic (exact) mass is 299 g/mol. The maximum Gasteiger partial charge on any atom is 0.0409 e. The summed E-state index contributed by atoms with van der Waals surface area (Å²) in [6.45, 7) is 3.32. The topological polar surface area (TPSA) is 12.0 Å². The van der Waals surface area contributed by atoms with Crippen molar-refractivity contribution in [2.24, 2.45) is 0 Å². The van der Waals surface area contributed by atoms with E-state index < -0.39 is 0 Å². The highest BCUT2D eigenvalue weighted by Crippen LogP contribution is 2.20. The summed E-state index contributed by atoms with van der Waals surface area (Å²) in [5.41, 5.74) is 1.30. The molecule has 0 aromatic heterocycles. The summed E-state index contributed by atoms with van der Waals surface area (Å²) >= 11 is 7.99. The first kappa shape index (κ1) is 16.9. The highest BCUT2D eigenvalue weighted by atomic mass is 35.5. The Bertz CT molecular complexity index is 343. The molecule has 0 bridgehead atoms. The Morgan fingerprint density at radius 3 is 2.68 bits per heavy atom. The molecule has 0 aliphatic rings. The Kier molecular flexibility index (Phi) is 9.40. The zero-order valence-electron chi connectivity index (χ0n) is 12.1. The van der Waals surface area contributed by atoms with Gasteiger partial charge in [-0.3, -0.25) is 0 Å². The quantitative estimate of drug-likeness (QED) is 0.588. The van der Waals surface area contributed by atoms with Gasteiger partial charge in [0.25, 0.3) is 0 Å². The van der Waals surface area contributed by atoms with Gasteiger partial charge in [0.2, 0.25) is 0 Å². The molecule has 1 aromatic carbocycles. The number of unbranched alkanes of at least 4 members (excludes halogenated alkanes) is 3. The van der Waals surface area contributed by atoms with Crippen LogP contribution in [0.3, 0.4) is 0 Å². The lowest BCUT2D eigenvalue weighted by Crippen LogP contribution is -2.21. The first-order valence-corrected chi connectivity index (χ1v) is 9.03. The van der Waals surface area contributed by atoms with Gasteiger partial charge in [0.15, 0.2) is 0 Å². The summed E-state index contributed by atoms with van der Waals surface area (Å²) in [6, 6.07) is 8.63. The van der Waals surface area contributed by atoms with E-state index in [1.807, 2.05) is 23.9 Å². The largest absolute Gasteiger partial charge is 0.310 e. The standard InChI is InChI=1S/C16H26ClNS/c1-3-16(14-9-8-10-15(17)13-14)18-11-6-4-5-7-12-19-2/h8-10,13,16,18H,3-7,11-12H2,1-2H3. The van der Waals surface area contributed by atoms with Crippen LogP contribution in [0.15, 0.2) is 24.3 Å². The molecule has 0 amide bonds. The number of thioether (sulfide) groups is 1. The molecule has 19 heavy (non-hydrogen) atoms. The molecular formula is C16H26ClNS. The van der Waals surface area contributed by atoms with Crippen LogP contribution in [0.2, 0.25) is 5.02 Å². The number of nitrogens with one attached hydrogen (secondary N) is 1. The van der Waals surface area contributed by atoms with Gasteiger partial charge in [-0.25, -0.2) is 0 Å². The van der Waals surface area contributed by atoms with Gasteiger partial charge in [-0.2, -0.15) is 11.8 Å². The molecule has 0 spiro atoms. The Morgan fingerprint density at radius 1 is 1.21 bits per heavy atom. The van der Waals surface area contributed by atoms with Gasteiger partial charge in [0, 0.05) is 11.1 Å². The fourth-order valence-electron chi connectivity index (χ4n) is 2.22. The van der Waals surface area contributed by atoms with Gasteiger partial charge in [-0.05, 0) is 55.5 Å². The minimum absolute atomic E-state index is 0.435. The second-order valence-electron chi connectivity index (χ2n) is 4.88. The van der Waals surface area contributed by atoms with Gasteiger partial charge in [0.05, 0.1) is 0 Å². The van der Waals surface area contributed by atoms with E-state index in [1.165, 1.54) is 37.0 Å². The molecule has 108 valence electrons. The van der Waals surface area contributed by atoms with Gasteiger partial charge in [-0.1, -0.05) is 43.5 Å². The first-order valence-electron chi connectivity index (χ1n) is 7.25. The summed E-state index contributed by atoms with van der Waals surface area (Å²) in [6.07, 6.45) is 8.60. The molecule has 1 unspecified atom stereocenters. The average molecular weight is 300 g/mol. The van der Waals surface area contributed by atoms with Crippen molar-refractivity contribution >= 4 is 23.4 Å². The third kappa shape index (κ3) is 7.24. The third-order valence-corrected chi connectivity index (χ3v) is 4.26. The van der Waals surface area contributed by atoms with Crippen LogP contribution >= 0.6 is 23.4 Å². The van der Waals surface area contributed by atoms with Crippen LogP contribution in [-0.2, 0) is 0 Å². The predicted molar refractivity (Wildman–Crippen MR) is 89.3 cm³/mol. The van der Waals surface area contributed by atoms with E-state index in [2.05, 4.69) is 30.6 Å². The molecule has 3 heteroatoms. The van der Waals surface area contributed by atoms with Gasteiger partial charge < -0.3 is 5.32 Å². The molecule has 0 aliphatic carbocycles. The van der Waals surface area contributed by atoms with E-state index in [-0.39, 0.29) is 0 Å². The van der Waals surface area contributed by atoms with E-state index in [9.17, 15) is 0 Å². The molecule has 0 heterocycles. The van der Waals surface area contributed by atoms with E-state index in [0.717, 1.165) is 18.0 Å². The minimum atomic E-state index is 0.435. The second-order valence-corrected chi connectivity index (χ2v) is 6.30. The van der Waals surface area contributed by atoms with Crippen molar-refractivity contribution in [3.8, 4) is 0 Å². The lowest BCUT2D eigenvalue weighted by molar-refractivity contribution is 0.498. The van der Waals surface area contributed by atoms with E-state index in [4.69, 9.17) is 11.6 Å². The first-order chi connectivity index (χ1) is 9.27. The molecular weight excluding hydrogens is 274 g/mol. The number of hydrogen-bond donors (Lipinski definition) is 1. The van der Waals surface area contributed by atoms with Crippen molar-refractivity contribution in [3.63, 3.8) is 0 Å². The molecule has 1 atom stereocenters. The van der Waals surface area contributed by atoms with Crippen LogP contribution in [0.1, 0.15) is 50.6 Å². The van der Waals surface area contributed by atoms with Crippen LogP contribution in [0.25, 0.3) is 0 Å². The Labute approximate surface area is 127 Å². The van der Waals surface area contributed by atoms with Gasteiger partial charge in [-0.15, -0.1) is 0 Å². The second kappa shape index (κ2) is 10.6. The summed E-state index contributed by atoms with van der Waals surface area (Å²) in [4.78, 5) is 0. The molecule has 0 aliphatic heterocycles. The lowest BCUT2D eigenvalue weighted by Gasteiger charge is -2.17. The normalized spacial score (nSPS) is 12.6. The number of hydrogen-bond acceptors (Lipinski definition) is 2. The smallest absolute Gasteiger partial charge is 0.0409 e. The lowest BCUT2D eigenvalue weighted by atomic mass is 10.0. The summed E-state index contributed by atoms with van der Waals surface area (Å²) in [5, 5.41) is 4.47. The molecule has 1 N–H and O–H groups in total. The molecule has 1 rings (SSSR count). The predicted octanol–water partition coefficient (Wildman–Crippen LogP) is 5.30. The van der Waals surface area contributed by atoms with Crippen LogP contribution < -0.4 is 5.32 Å². The zero-order chi connectivity index (χ0) is 13.9. The van der Waals surface area contributed by atoms with Crippen molar-refractivity contribution in [1.82, 2.24) is 5.32 Å². The van der Waals surface area contributed by atoms with Crippen LogP contribution in [0.5, 0.6) is 0 Å². The van der Waals surface area contributed by atoms with Gasteiger partial charge in [0.1, 0.15) is 0 Å². The number of benzene rings is 1. The summed E-state index contributed by atoms with van der Waals surface area (Å²) in [5.74, 6) is 1.30. The van der Waals surface area contributed by atoms with E-state index in [0.29, 0.717) is 6.04 Å². The molecule has 1 aromatic rings. The van der Waals surface area contributed by atoms with Crippen molar-refractivity contribution in [2.75, 3.05) is 18.6 Å². The fourth-order valence-corrected chi connectivity index (χ4v) is 2.91. The Balaban J connectivity index is 2.22. The molecule has 1 nitrogen and oxygen atoms in total. The maximum atomic E-state index is 6.05. The molecule has 0 saturated carbocycles. The highest BCUT2D eigenvalue weighted by Gasteiger charge is 2.08. The average Bonchev–Trinajstić information content (AvgIpc) is 2.42. The van der Waals surface area contributed by atoms with Crippen LogP contribution in [-0.4, -0.2) is 18.6 Å². The molecule has 0 fully saturated rings. The van der Waals surface area contributed by atoms with Gasteiger partial charge >= 0.3 is 0 Å². The highest BCUT2D eigenvalue weighted by molar-refractivity contribution is 7.98. The minimum Gasteiger partial charge on any atom is -0.310 e. The maximum absolute atomic E-state index is 6.05. The van der Waals surface area contributed by atoms with E-state index >= 15 is 0 Å². The number of rotatable bonds is 10. The van der Waals surface area contributed by atoms with Crippen molar-refractivity contribution in [3.05, 3.63) is 34.9 Å². The summed E-state index contributed by atoms with van der Waals surface area (Å²) < 4.78 is 0.